The van der Waals surface area contributed by atoms with Crippen LogP contribution < -0.4 is 0 Å². The first kappa shape index (κ1) is 11.6. The van der Waals surface area contributed by atoms with Gasteiger partial charge in [0, 0.05) is 4.47 Å². The molecule has 2 heteroatoms. The second-order valence-electron chi connectivity index (χ2n) is 4.85. The van der Waals surface area contributed by atoms with E-state index in [1.54, 1.807) is 0 Å². The predicted molar refractivity (Wildman–Crippen MR) is 77.9 cm³/mol. The van der Waals surface area contributed by atoms with Crippen molar-refractivity contribution in [1.29, 1.82) is 0 Å². The molecule has 0 aromatic heterocycles. The number of rotatable bonds is 0. The fraction of sp³-hybridized carbons (Fsp3) is 0.333. The smallest absolute Gasteiger partial charge is 0.0588 e. The molecule has 0 aliphatic heterocycles. The highest BCUT2D eigenvalue weighted by atomic mass is 79.9. The van der Waals surface area contributed by atoms with Crippen molar-refractivity contribution in [2.75, 3.05) is 0 Å². The van der Waals surface area contributed by atoms with E-state index in [0.717, 1.165) is 10.9 Å². The molecule has 0 spiro atoms. The van der Waals surface area contributed by atoms with Gasteiger partial charge in [-0.1, -0.05) is 47.1 Å². The van der Waals surface area contributed by atoms with Crippen LogP contribution in [0.1, 0.15) is 42.2 Å². The van der Waals surface area contributed by atoms with Gasteiger partial charge in [-0.25, -0.2) is 0 Å². The summed E-state index contributed by atoms with van der Waals surface area (Å²) in [7, 11) is 0. The highest BCUT2D eigenvalue weighted by Gasteiger charge is 2.25. The van der Waals surface area contributed by atoms with Crippen molar-refractivity contribution in [3.8, 4) is 0 Å². The minimum Gasteiger partial charge on any atom is -0.118 e. The third-order valence-corrected chi connectivity index (χ3v) is 4.86. The number of hydrogen-bond donors (Lipinski definition) is 0. The Hall–Kier alpha value is -0.530. The van der Waals surface area contributed by atoms with Crippen LogP contribution in [0.3, 0.4) is 0 Å². The second-order valence-corrected chi connectivity index (χ2v) is 6.23. The van der Waals surface area contributed by atoms with E-state index in [2.05, 4.69) is 53.2 Å². The molecule has 2 aromatic carbocycles. The lowest BCUT2D eigenvalue weighted by atomic mass is 9.81. The molecule has 88 valence electrons. The maximum absolute atomic E-state index is 6.46. The molecule has 17 heavy (non-hydrogen) atoms. The van der Waals surface area contributed by atoms with Crippen LogP contribution in [0.4, 0.5) is 0 Å². The van der Waals surface area contributed by atoms with Gasteiger partial charge >= 0.3 is 0 Å². The van der Waals surface area contributed by atoms with E-state index in [-0.39, 0.29) is 5.38 Å². The third-order valence-electron chi connectivity index (χ3n) is 3.75. The summed E-state index contributed by atoms with van der Waals surface area (Å²) in [5.74, 6) is 0.609. The summed E-state index contributed by atoms with van der Waals surface area (Å²) in [6.07, 6.45) is 2.27. The van der Waals surface area contributed by atoms with Crippen molar-refractivity contribution in [2.24, 2.45) is 0 Å². The van der Waals surface area contributed by atoms with Crippen LogP contribution in [-0.4, -0.2) is 0 Å². The van der Waals surface area contributed by atoms with Crippen LogP contribution in [0.15, 0.2) is 34.8 Å². The van der Waals surface area contributed by atoms with Gasteiger partial charge in [-0.15, -0.1) is 11.6 Å². The van der Waals surface area contributed by atoms with E-state index in [0.29, 0.717) is 5.92 Å². The lowest BCUT2D eigenvalue weighted by Crippen LogP contribution is -2.10. The van der Waals surface area contributed by atoms with E-state index < -0.39 is 0 Å². The first-order valence-corrected chi connectivity index (χ1v) is 7.26. The molecule has 0 heterocycles. The summed E-state index contributed by atoms with van der Waals surface area (Å²) < 4.78 is 1.16. The van der Waals surface area contributed by atoms with E-state index in [1.165, 1.54) is 28.3 Å². The Bertz CT molecular complexity index is 576. The molecule has 1 aliphatic rings. The van der Waals surface area contributed by atoms with Crippen LogP contribution >= 0.6 is 27.5 Å². The van der Waals surface area contributed by atoms with Gasteiger partial charge in [0.1, 0.15) is 0 Å². The van der Waals surface area contributed by atoms with Gasteiger partial charge in [0.05, 0.1) is 5.38 Å². The summed E-state index contributed by atoms with van der Waals surface area (Å²) in [6, 6.07) is 10.8. The molecule has 0 saturated heterocycles. The Kier molecular flexibility index (Phi) is 2.92. The lowest BCUT2D eigenvalue weighted by Gasteiger charge is -2.28. The van der Waals surface area contributed by atoms with Gasteiger partial charge in [-0.05, 0) is 46.7 Å². The molecular weight excluding hydrogens is 296 g/mol. The summed E-state index contributed by atoms with van der Waals surface area (Å²) in [4.78, 5) is 0. The zero-order valence-corrected chi connectivity index (χ0v) is 12.1. The van der Waals surface area contributed by atoms with E-state index in [1.807, 2.05) is 0 Å². The quantitative estimate of drug-likeness (QED) is 0.541. The SMILES string of the molecule is CC1CCC(Cl)c2cc(Br)c3ccccc3c21. The standard InChI is InChI=1S/C15H14BrCl/c1-9-6-7-14(17)12-8-13(16)10-4-2-3-5-11(10)15(9)12/h2-5,8-9,14H,6-7H2,1H3. The highest BCUT2D eigenvalue weighted by Crippen LogP contribution is 2.45. The molecule has 0 saturated carbocycles. The zero-order chi connectivity index (χ0) is 12.0. The third kappa shape index (κ3) is 1.80. The largest absolute Gasteiger partial charge is 0.118 e. The maximum atomic E-state index is 6.46. The highest BCUT2D eigenvalue weighted by molar-refractivity contribution is 9.10. The van der Waals surface area contributed by atoms with Crippen LogP contribution in [-0.2, 0) is 0 Å². The van der Waals surface area contributed by atoms with Crippen molar-refractivity contribution in [3.05, 3.63) is 45.9 Å². The molecule has 3 rings (SSSR count). The van der Waals surface area contributed by atoms with Gasteiger partial charge in [0.15, 0.2) is 0 Å². The van der Waals surface area contributed by atoms with Gasteiger partial charge in [-0.2, -0.15) is 0 Å². The molecule has 2 aromatic rings. The second kappa shape index (κ2) is 4.29. The van der Waals surface area contributed by atoms with E-state index in [4.69, 9.17) is 11.6 Å². The van der Waals surface area contributed by atoms with E-state index >= 15 is 0 Å². The molecule has 2 unspecified atom stereocenters. The number of alkyl halides is 1. The van der Waals surface area contributed by atoms with Crippen LogP contribution in [0.25, 0.3) is 10.8 Å². The fourth-order valence-corrected chi connectivity index (χ4v) is 3.78. The molecule has 0 fully saturated rings. The van der Waals surface area contributed by atoms with Gasteiger partial charge < -0.3 is 0 Å². The molecule has 0 N–H and O–H groups in total. The first-order chi connectivity index (χ1) is 8.18. The van der Waals surface area contributed by atoms with Gasteiger partial charge in [-0.3, -0.25) is 0 Å². The van der Waals surface area contributed by atoms with Crippen molar-refractivity contribution in [2.45, 2.75) is 31.1 Å². The summed E-state index contributed by atoms with van der Waals surface area (Å²) >= 11 is 10.1. The van der Waals surface area contributed by atoms with Crippen LogP contribution in [0, 0.1) is 0 Å². The average molecular weight is 310 g/mol. The van der Waals surface area contributed by atoms with Crippen molar-refractivity contribution >= 4 is 38.3 Å². The molecule has 2 atom stereocenters. The van der Waals surface area contributed by atoms with Crippen LogP contribution in [0.5, 0.6) is 0 Å². The van der Waals surface area contributed by atoms with Gasteiger partial charge in [0.2, 0.25) is 0 Å². The summed E-state index contributed by atoms with van der Waals surface area (Å²) in [5.41, 5.74) is 2.77. The summed E-state index contributed by atoms with van der Waals surface area (Å²) in [6.45, 7) is 2.31. The molecule has 0 radical (unpaired) electrons. The number of benzene rings is 2. The van der Waals surface area contributed by atoms with Crippen LogP contribution in [0.2, 0.25) is 0 Å². The summed E-state index contributed by atoms with van der Waals surface area (Å²) in [5, 5.41) is 2.82. The molecule has 0 bridgehead atoms. The molecular formula is C15H14BrCl. The van der Waals surface area contributed by atoms with E-state index in [9.17, 15) is 0 Å². The van der Waals surface area contributed by atoms with Gasteiger partial charge in [0.25, 0.3) is 0 Å². The Morgan fingerprint density at radius 1 is 1.18 bits per heavy atom. The predicted octanol–water partition coefficient (Wildman–Crippen LogP) is 5.78. The molecule has 0 amide bonds. The average Bonchev–Trinajstić information content (AvgIpc) is 2.34. The topological polar surface area (TPSA) is 0 Å². The Labute approximate surface area is 115 Å². The minimum absolute atomic E-state index is 0.169. The minimum atomic E-state index is 0.169. The van der Waals surface area contributed by atoms with Crippen molar-refractivity contribution < 1.29 is 0 Å². The Morgan fingerprint density at radius 2 is 1.88 bits per heavy atom. The number of halogens is 2. The van der Waals surface area contributed by atoms with Crippen molar-refractivity contribution in [3.63, 3.8) is 0 Å². The number of hydrogen-bond acceptors (Lipinski definition) is 0. The maximum Gasteiger partial charge on any atom is 0.0588 e. The lowest BCUT2D eigenvalue weighted by molar-refractivity contribution is 0.583. The zero-order valence-electron chi connectivity index (χ0n) is 9.71. The Morgan fingerprint density at radius 3 is 2.65 bits per heavy atom. The first-order valence-electron chi connectivity index (χ1n) is 6.03. The molecule has 0 nitrogen and oxygen atoms in total. The van der Waals surface area contributed by atoms with Crippen molar-refractivity contribution in [1.82, 2.24) is 0 Å². The monoisotopic (exact) mass is 308 g/mol. The fourth-order valence-electron chi connectivity index (χ4n) is 2.88. The number of fused-ring (bicyclic) bond motifs is 3. The Balaban J connectivity index is 2.41. The molecule has 1 aliphatic carbocycles. The normalized spacial score (nSPS) is 23.7.